The molecule has 1 aliphatic rings. The summed E-state index contributed by atoms with van der Waals surface area (Å²) in [4.78, 5) is 30.2. The van der Waals surface area contributed by atoms with Crippen molar-refractivity contribution in [2.24, 2.45) is 0 Å². The van der Waals surface area contributed by atoms with Gasteiger partial charge in [-0.05, 0) is 42.8 Å². The Hall–Kier alpha value is -3.04. The fourth-order valence-corrected chi connectivity index (χ4v) is 5.06. The van der Waals surface area contributed by atoms with Crippen molar-refractivity contribution in [1.29, 1.82) is 0 Å². The summed E-state index contributed by atoms with van der Waals surface area (Å²) in [5.74, 6) is -0.940. The van der Waals surface area contributed by atoms with E-state index >= 15 is 0 Å². The maximum atomic E-state index is 13.1. The number of sulfonamides is 1. The van der Waals surface area contributed by atoms with Crippen LogP contribution in [-0.2, 0) is 10.0 Å². The Balaban J connectivity index is 1.54. The van der Waals surface area contributed by atoms with Gasteiger partial charge in [0.05, 0.1) is 4.90 Å². The van der Waals surface area contributed by atoms with Gasteiger partial charge in [-0.3, -0.25) is 9.59 Å². The van der Waals surface area contributed by atoms with Crippen LogP contribution >= 0.6 is 0 Å². The molecule has 0 unspecified atom stereocenters. The molecule has 30 heavy (non-hydrogen) atoms. The molecule has 2 heterocycles. The van der Waals surface area contributed by atoms with Crippen molar-refractivity contribution in [1.82, 2.24) is 14.2 Å². The van der Waals surface area contributed by atoms with E-state index in [1.165, 1.54) is 27.5 Å². The molecule has 1 fully saturated rings. The number of hydrogen-bond donors (Lipinski definition) is 1. The first-order chi connectivity index (χ1) is 14.4. The number of rotatable bonds is 3. The highest BCUT2D eigenvalue weighted by molar-refractivity contribution is 7.89. The highest BCUT2D eigenvalue weighted by atomic mass is 32.2. The quantitative estimate of drug-likeness (QED) is 0.691. The zero-order valence-electron chi connectivity index (χ0n) is 16.0. The number of carbonyl (C=O) groups excluding carboxylic acids is 1. The predicted molar refractivity (Wildman–Crippen MR) is 110 cm³/mol. The van der Waals surface area contributed by atoms with Crippen LogP contribution in [0.15, 0.2) is 64.4 Å². The summed E-state index contributed by atoms with van der Waals surface area (Å²) in [6.45, 7) is 0.820. The number of H-pyrrole nitrogens is 1. The molecule has 0 aliphatic carbocycles. The fraction of sp³-hybridized carbons (Fsp3) is 0.238. The van der Waals surface area contributed by atoms with Gasteiger partial charge >= 0.3 is 0 Å². The molecule has 3 aromatic rings. The molecule has 1 saturated heterocycles. The second kappa shape index (κ2) is 8.00. The number of nitrogens with one attached hydrogen (secondary N) is 1. The molecule has 156 valence electrons. The van der Waals surface area contributed by atoms with Crippen molar-refractivity contribution < 1.29 is 17.6 Å². The van der Waals surface area contributed by atoms with E-state index in [2.05, 4.69) is 4.98 Å². The smallest absolute Gasteiger partial charge is 0.259 e. The number of fused-ring (bicyclic) bond motifs is 1. The van der Waals surface area contributed by atoms with Gasteiger partial charge in [-0.2, -0.15) is 4.31 Å². The van der Waals surface area contributed by atoms with Crippen LogP contribution in [0.4, 0.5) is 4.39 Å². The molecular weight excluding hydrogens is 409 g/mol. The van der Waals surface area contributed by atoms with Gasteiger partial charge in [0.15, 0.2) is 0 Å². The standard InChI is InChI=1S/C21H20FN3O4S/c22-15-6-8-16(9-7-15)30(28,29)25-11-3-10-24(12-13-25)21(27)18-14-23-19-5-2-1-4-17(19)20(18)26/h1-2,4-9,14H,3,10-13H2,(H,23,26). The first-order valence-electron chi connectivity index (χ1n) is 9.53. The molecule has 0 spiro atoms. The van der Waals surface area contributed by atoms with Crippen LogP contribution in [-0.4, -0.2) is 54.7 Å². The SMILES string of the molecule is O=C(c1c[nH]c2ccccc2c1=O)N1CCCN(S(=O)(=O)c2ccc(F)cc2)CC1. The average Bonchev–Trinajstić information content (AvgIpc) is 3.01. The third kappa shape index (κ3) is 3.73. The normalized spacial score (nSPS) is 15.8. The fourth-order valence-electron chi connectivity index (χ4n) is 3.59. The van der Waals surface area contributed by atoms with Gasteiger partial charge in [-0.25, -0.2) is 12.8 Å². The number of carbonyl (C=O) groups is 1. The molecule has 7 nitrogen and oxygen atoms in total. The third-order valence-electron chi connectivity index (χ3n) is 5.21. The van der Waals surface area contributed by atoms with Crippen LogP contribution in [0.1, 0.15) is 16.8 Å². The Bertz CT molecular complexity index is 1260. The van der Waals surface area contributed by atoms with E-state index in [0.717, 1.165) is 12.1 Å². The van der Waals surface area contributed by atoms with Crippen LogP contribution in [0.3, 0.4) is 0 Å². The van der Waals surface area contributed by atoms with Crippen molar-refractivity contribution in [2.45, 2.75) is 11.3 Å². The number of pyridine rings is 1. The molecule has 0 bridgehead atoms. The van der Waals surface area contributed by atoms with Crippen molar-refractivity contribution in [3.05, 3.63) is 76.3 Å². The molecular formula is C21H20FN3O4S. The summed E-state index contributed by atoms with van der Waals surface area (Å²) < 4.78 is 40.1. The maximum absolute atomic E-state index is 13.1. The monoisotopic (exact) mass is 429 g/mol. The topological polar surface area (TPSA) is 90.6 Å². The molecule has 0 saturated carbocycles. The molecule has 1 N–H and O–H groups in total. The van der Waals surface area contributed by atoms with Gasteiger partial charge in [0, 0.05) is 43.3 Å². The Morgan fingerprint density at radius 3 is 2.47 bits per heavy atom. The number of hydrogen-bond acceptors (Lipinski definition) is 4. The molecule has 4 rings (SSSR count). The van der Waals surface area contributed by atoms with E-state index in [9.17, 15) is 22.4 Å². The van der Waals surface area contributed by atoms with E-state index < -0.39 is 21.7 Å². The minimum atomic E-state index is -3.79. The van der Waals surface area contributed by atoms with Gasteiger partial charge in [0.2, 0.25) is 15.5 Å². The van der Waals surface area contributed by atoms with E-state index in [4.69, 9.17) is 0 Å². The maximum Gasteiger partial charge on any atom is 0.259 e. The molecule has 0 atom stereocenters. The van der Waals surface area contributed by atoms with Gasteiger partial charge in [0.25, 0.3) is 5.91 Å². The van der Waals surface area contributed by atoms with E-state index in [0.29, 0.717) is 23.9 Å². The molecule has 2 aromatic carbocycles. The Kier molecular flexibility index (Phi) is 5.40. The van der Waals surface area contributed by atoms with Gasteiger partial charge < -0.3 is 9.88 Å². The van der Waals surface area contributed by atoms with Gasteiger partial charge in [-0.15, -0.1) is 0 Å². The van der Waals surface area contributed by atoms with Crippen molar-refractivity contribution >= 4 is 26.8 Å². The number of aromatic nitrogens is 1. The van der Waals surface area contributed by atoms with Gasteiger partial charge in [-0.1, -0.05) is 12.1 Å². The zero-order chi connectivity index (χ0) is 21.3. The summed E-state index contributed by atoms with van der Waals surface area (Å²) in [5.41, 5.74) is 0.324. The Morgan fingerprint density at radius 1 is 0.967 bits per heavy atom. The average molecular weight is 429 g/mol. The molecule has 9 heteroatoms. The second-order valence-electron chi connectivity index (χ2n) is 7.08. The highest BCUT2D eigenvalue weighted by Gasteiger charge is 2.29. The number of benzene rings is 2. The molecule has 0 radical (unpaired) electrons. The molecule has 1 aromatic heterocycles. The van der Waals surface area contributed by atoms with Crippen LogP contribution in [0.2, 0.25) is 0 Å². The largest absolute Gasteiger partial charge is 0.360 e. The van der Waals surface area contributed by atoms with Crippen LogP contribution in [0.25, 0.3) is 10.9 Å². The summed E-state index contributed by atoms with van der Waals surface area (Å²) >= 11 is 0. The Labute approximate surface area is 172 Å². The zero-order valence-corrected chi connectivity index (χ0v) is 16.9. The minimum Gasteiger partial charge on any atom is -0.360 e. The third-order valence-corrected chi connectivity index (χ3v) is 7.13. The van der Waals surface area contributed by atoms with Gasteiger partial charge in [0.1, 0.15) is 11.4 Å². The Morgan fingerprint density at radius 2 is 1.70 bits per heavy atom. The lowest BCUT2D eigenvalue weighted by molar-refractivity contribution is 0.0763. The number of amides is 1. The summed E-state index contributed by atoms with van der Waals surface area (Å²) in [6, 6.07) is 11.6. The van der Waals surface area contributed by atoms with Crippen molar-refractivity contribution in [2.75, 3.05) is 26.2 Å². The van der Waals surface area contributed by atoms with E-state index in [1.807, 2.05) is 0 Å². The summed E-state index contributed by atoms with van der Waals surface area (Å²) in [7, 11) is -3.79. The number of halogens is 1. The van der Waals surface area contributed by atoms with Crippen molar-refractivity contribution in [3.63, 3.8) is 0 Å². The lowest BCUT2D eigenvalue weighted by Crippen LogP contribution is -2.38. The van der Waals surface area contributed by atoms with Crippen LogP contribution < -0.4 is 5.43 Å². The summed E-state index contributed by atoms with van der Waals surface area (Å²) in [6.07, 6.45) is 1.84. The first-order valence-corrected chi connectivity index (χ1v) is 11.0. The number of aromatic amines is 1. The first kappa shape index (κ1) is 20.2. The van der Waals surface area contributed by atoms with E-state index in [-0.39, 0.29) is 35.5 Å². The predicted octanol–water partition coefficient (Wildman–Crippen LogP) is 2.20. The number of nitrogens with zero attached hydrogens (tertiary/aromatic N) is 2. The second-order valence-corrected chi connectivity index (χ2v) is 9.02. The minimum absolute atomic E-state index is 0.00894. The van der Waals surface area contributed by atoms with Crippen molar-refractivity contribution in [3.8, 4) is 0 Å². The summed E-state index contributed by atoms with van der Waals surface area (Å²) in [5, 5.41) is 0.429. The molecule has 1 aliphatic heterocycles. The number of para-hydroxylation sites is 1. The van der Waals surface area contributed by atoms with Crippen LogP contribution in [0, 0.1) is 5.82 Å². The van der Waals surface area contributed by atoms with E-state index in [1.54, 1.807) is 24.3 Å². The lowest BCUT2D eigenvalue weighted by Gasteiger charge is -2.22. The molecule has 1 amide bonds. The lowest BCUT2D eigenvalue weighted by atomic mass is 10.1. The van der Waals surface area contributed by atoms with Crippen LogP contribution in [0.5, 0.6) is 0 Å². The highest BCUT2D eigenvalue weighted by Crippen LogP contribution is 2.19.